The number of hydrogen-bond acceptors (Lipinski definition) is 4. The highest BCUT2D eigenvalue weighted by Gasteiger charge is 2.07. The van der Waals surface area contributed by atoms with E-state index in [-0.39, 0.29) is 18.3 Å². The average Bonchev–Trinajstić information content (AvgIpc) is 2.62. The average molecular weight is 207 g/mol. The van der Waals surface area contributed by atoms with Crippen LogP contribution >= 0.6 is 0 Å². The lowest BCUT2D eigenvalue weighted by Crippen LogP contribution is -2.30. The SMILES string of the molecule is CC(C)CNC(=O)Cn1cnnc1C#N. The van der Waals surface area contributed by atoms with Crippen molar-refractivity contribution in [2.45, 2.75) is 20.4 Å². The molecule has 0 bridgehead atoms. The number of nitriles is 1. The van der Waals surface area contributed by atoms with Crippen molar-refractivity contribution in [3.05, 3.63) is 12.2 Å². The van der Waals surface area contributed by atoms with Gasteiger partial charge in [-0.15, -0.1) is 10.2 Å². The molecule has 0 aliphatic carbocycles. The van der Waals surface area contributed by atoms with Crippen molar-refractivity contribution in [2.24, 2.45) is 5.92 Å². The third-order valence-corrected chi connectivity index (χ3v) is 1.74. The molecular formula is C9H13N5O. The van der Waals surface area contributed by atoms with Crippen molar-refractivity contribution in [3.8, 4) is 6.07 Å². The number of carbonyl (C=O) groups is 1. The molecule has 6 nitrogen and oxygen atoms in total. The fourth-order valence-corrected chi connectivity index (χ4v) is 0.986. The van der Waals surface area contributed by atoms with Crippen LogP contribution in [-0.2, 0) is 11.3 Å². The Morgan fingerprint density at radius 1 is 1.73 bits per heavy atom. The Morgan fingerprint density at radius 2 is 2.47 bits per heavy atom. The molecule has 0 saturated heterocycles. The summed E-state index contributed by atoms with van der Waals surface area (Å²) in [6.07, 6.45) is 1.37. The minimum atomic E-state index is -0.139. The van der Waals surface area contributed by atoms with Crippen LogP contribution in [0.1, 0.15) is 19.7 Å². The van der Waals surface area contributed by atoms with E-state index in [4.69, 9.17) is 5.26 Å². The van der Waals surface area contributed by atoms with Gasteiger partial charge < -0.3 is 5.32 Å². The molecule has 0 unspecified atom stereocenters. The Labute approximate surface area is 87.9 Å². The van der Waals surface area contributed by atoms with Crippen LogP contribution in [0.5, 0.6) is 0 Å². The molecule has 0 radical (unpaired) electrons. The van der Waals surface area contributed by atoms with Gasteiger partial charge >= 0.3 is 0 Å². The van der Waals surface area contributed by atoms with Crippen molar-refractivity contribution in [3.63, 3.8) is 0 Å². The van der Waals surface area contributed by atoms with E-state index >= 15 is 0 Å². The molecule has 0 aliphatic rings. The summed E-state index contributed by atoms with van der Waals surface area (Å²) in [5.41, 5.74) is 0. The molecule has 1 amide bonds. The van der Waals surface area contributed by atoms with Gasteiger partial charge in [-0.3, -0.25) is 9.36 Å². The van der Waals surface area contributed by atoms with Crippen molar-refractivity contribution in [2.75, 3.05) is 6.54 Å². The standard InChI is InChI=1S/C9H13N5O/c1-7(2)4-11-9(15)5-14-6-12-13-8(14)3-10/h6-7H,4-5H2,1-2H3,(H,11,15). The van der Waals surface area contributed by atoms with Crippen LogP contribution in [0.3, 0.4) is 0 Å². The number of nitrogens with one attached hydrogen (secondary N) is 1. The molecule has 0 fully saturated rings. The highest BCUT2D eigenvalue weighted by atomic mass is 16.1. The molecule has 0 aromatic carbocycles. The lowest BCUT2D eigenvalue weighted by molar-refractivity contribution is -0.121. The molecule has 1 aromatic rings. The van der Waals surface area contributed by atoms with E-state index in [1.807, 2.05) is 19.9 Å². The van der Waals surface area contributed by atoms with E-state index in [0.29, 0.717) is 12.5 Å². The molecule has 1 N–H and O–H groups in total. The van der Waals surface area contributed by atoms with E-state index in [1.54, 1.807) is 0 Å². The number of carbonyl (C=O) groups excluding carboxylic acids is 1. The van der Waals surface area contributed by atoms with Crippen molar-refractivity contribution >= 4 is 5.91 Å². The normalized spacial score (nSPS) is 10.0. The van der Waals surface area contributed by atoms with E-state index in [0.717, 1.165) is 0 Å². The van der Waals surface area contributed by atoms with Gasteiger partial charge in [0.05, 0.1) is 0 Å². The third kappa shape index (κ3) is 3.38. The Kier molecular flexibility index (Phi) is 3.80. The molecule has 0 aliphatic heterocycles. The molecule has 15 heavy (non-hydrogen) atoms. The van der Waals surface area contributed by atoms with Crippen LogP contribution in [0.15, 0.2) is 6.33 Å². The summed E-state index contributed by atoms with van der Waals surface area (Å²) >= 11 is 0. The van der Waals surface area contributed by atoms with Gasteiger partial charge in [0.25, 0.3) is 0 Å². The second-order valence-electron chi connectivity index (χ2n) is 3.59. The van der Waals surface area contributed by atoms with Crippen molar-refractivity contribution < 1.29 is 4.79 Å². The fourth-order valence-electron chi connectivity index (χ4n) is 0.986. The maximum absolute atomic E-state index is 11.4. The predicted octanol–water partition coefficient (Wildman–Crippen LogP) is -0.0780. The molecule has 6 heteroatoms. The van der Waals surface area contributed by atoms with Crippen LogP contribution in [0, 0.1) is 17.2 Å². The molecule has 80 valence electrons. The second kappa shape index (κ2) is 5.10. The first-order chi connectivity index (χ1) is 7.13. The van der Waals surface area contributed by atoms with Gasteiger partial charge in [0.2, 0.25) is 11.7 Å². The number of aromatic nitrogens is 3. The number of amides is 1. The quantitative estimate of drug-likeness (QED) is 0.748. The van der Waals surface area contributed by atoms with Crippen LogP contribution in [0.2, 0.25) is 0 Å². The Balaban J connectivity index is 2.49. The van der Waals surface area contributed by atoms with E-state index in [2.05, 4.69) is 15.5 Å². The van der Waals surface area contributed by atoms with Crippen LogP contribution in [-0.4, -0.2) is 27.2 Å². The molecule has 0 saturated carbocycles. The second-order valence-corrected chi connectivity index (χ2v) is 3.59. The summed E-state index contributed by atoms with van der Waals surface area (Å²) in [5.74, 6) is 0.417. The predicted molar refractivity (Wildman–Crippen MR) is 52.6 cm³/mol. The first-order valence-electron chi connectivity index (χ1n) is 4.68. The lowest BCUT2D eigenvalue weighted by atomic mass is 10.2. The van der Waals surface area contributed by atoms with Gasteiger partial charge in [0, 0.05) is 6.54 Å². The van der Waals surface area contributed by atoms with Crippen molar-refractivity contribution in [1.82, 2.24) is 20.1 Å². The van der Waals surface area contributed by atoms with Gasteiger partial charge in [-0.2, -0.15) is 5.26 Å². The summed E-state index contributed by atoms with van der Waals surface area (Å²) in [6.45, 7) is 4.74. The highest BCUT2D eigenvalue weighted by Crippen LogP contribution is 1.93. The molecule has 1 heterocycles. The van der Waals surface area contributed by atoms with Crippen LogP contribution < -0.4 is 5.32 Å². The molecular weight excluding hydrogens is 194 g/mol. The van der Waals surface area contributed by atoms with Gasteiger partial charge in [0.1, 0.15) is 18.9 Å². The maximum atomic E-state index is 11.4. The van der Waals surface area contributed by atoms with Crippen molar-refractivity contribution in [1.29, 1.82) is 5.26 Å². The van der Waals surface area contributed by atoms with Crippen LogP contribution in [0.4, 0.5) is 0 Å². The minimum absolute atomic E-state index is 0.0859. The topological polar surface area (TPSA) is 83.6 Å². The van der Waals surface area contributed by atoms with Crippen LogP contribution in [0.25, 0.3) is 0 Å². The molecule has 1 aromatic heterocycles. The van der Waals surface area contributed by atoms with Gasteiger partial charge in [-0.1, -0.05) is 13.8 Å². The maximum Gasteiger partial charge on any atom is 0.240 e. The highest BCUT2D eigenvalue weighted by molar-refractivity contribution is 5.75. The summed E-state index contributed by atoms with van der Waals surface area (Å²) < 4.78 is 1.41. The Morgan fingerprint density at radius 3 is 3.07 bits per heavy atom. The first-order valence-corrected chi connectivity index (χ1v) is 4.68. The summed E-state index contributed by atoms with van der Waals surface area (Å²) in [6, 6.07) is 1.86. The molecule has 0 atom stereocenters. The summed E-state index contributed by atoms with van der Waals surface area (Å²) in [7, 11) is 0. The minimum Gasteiger partial charge on any atom is -0.354 e. The number of hydrogen-bond donors (Lipinski definition) is 1. The largest absolute Gasteiger partial charge is 0.354 e. The Bertz CT molecular complexity index is 376. The van der Waals surface area contributed by atoms with Gasteiger partial charge in [-0.05, 0) is 5.92 Å². The zero-order valence-electron chi connectivity index (χ0n) is 8.77. The lowest BCUT2D eigenvalue weighted by Gasteiger charge is -2.07. The smallest absolute Gasteiger partial charge is 0.240 e. The zero-order chi connectivity index (χ0) is 11.3. The Hall–Kier alpha value is -1.90. The number of nitrogens with zero attached hydrogens (tertiary/aromatic N) is 4. The monoisotopic (exact) mass is 207 g/mol. The first kappa shape index (κ1) is 11.2. The molecule has 1 rings (SSSR count). The molecule has 0 spiro atoms. The fraction of sp³-hybridized carbons (Fsp3) is 0.556. The van der Waals surface area contributed by atoms with E-state index in [9.17, 15) is 4.79 Å². The van der Waals surface area contributed by atoms with E-state index < -0.39 is 0 Å². The number of rotatable bonds is 4. The zero-order valence-corrected chi connectivity index (χ0v) is 8.77. The van der Waals surface area contributed by atoms with E-state index in [1.165, 1.54) is 10.9 Å². The summed E-state index contributed by atoms with van der Waals surface area (Å²) in [4.78, 5) is 11.4. The third-order valence-electron chi connectivity index (χ3n) is 1.74. The van der Waals surface area contributed by atoms with Gasteiger partial charge in [-0.25, -0.2) is 0 Å². The van der Waals surface area contributed by atoms with Gasteiger partial charge in [0.15, 0.2) is 0 Å². The summed E-state index contributed by atoms with van der Waals surface area (Å²) in [5, 5.41) is 18.5.